The van der Waals surface area contributed by atoms with E-state index in [1.807, 2.05) is 10.9 Å². The number of nitrogens with one attached hydrogen (secondary N) is 2. The van der Waals surface area contributed by atoms with Crippen molar-refractivity contribution in [1.82, 2.24) is 10.3 Å². The Morgan fingerprint density at radius 2 is 1.48 bits per heavy atom. The van der Waals surface area contributed by atoms with Gasteiger partial charge in [0.25, 0.3) is 15.9 Å². The number of sulfonamides is 1. The van der Waals surface area contributed by atoms with Gasteiger partial charge in [0.1, 0.15) is 5.82 Å². The minimum Gasteiger partial charge on any atom is -0.273 e. The van der Waals surface area contributed by atoms with Crippen LogP contribution in [0.3, 0.4) is 0 Å². The van der Waals surface area contributed by atoms with Crippen LogP contribution in [0.1, 0.15) is 15.9 Å². The molecule has 3 aromatic rings. The number of amides is 1. The third-order valence-corrected chi connectivity index (χ3v) is 5.31. The summed E-state index contributed by atoms with van der Waals surface area (Å²) in [7, 11) is -3.92. The SMILES string of the molecule is Cc1c(F)cc(-c2ccccc2)cc1C(=O)NNS(=O)(=O)c1ccccc1. The van der Waals surface area contributed by atoms with Crippen LogP contribution in [-0.4, -0.2) is 14.3 Å². The van der Waals surface area contributed by atoms with Gasteiger partial charge in [0.2, 0.25) is 0 Å². The Labute approximate surface area is 156 Å². The fraction of sp³-hybridized carbons (Fsp3) is 0.0500. The van der Waals surface area contributed by atoms with Crippen molar-refractivity contribution in [2.75, 3.05) is 0 Å². The van der Waals surface area contributed by atoms with Crippen molar-refractivity contribution in [1.29, 1.82) is 0 Å². The molecular weight excluding hydrogens is 367 g/mol. The summed E-state index contributed by atoms with van der Waals surface area (Å²) < 4.78 is 38.7. The summed E-state index contributed by atoms with van der Waals surface area (Å²) >= 11 is 0. The second-order valence-corrected chi connectivity index (χ2v) is 7.55. The van der Waals surface area contributed by atoms with Crippen LogP contribution >= 0.6 is 0 Å². The number of rotatable bonds is 5. The largest absolute Gasteiger partial charge is 0.273 e. The molecule has 7 heteroatoms. The number of hydrogen-bond donors (Lipinski definition) is 2. The van der Waals surface area contributed by atoms with Gasteiger partial charge in [-0.2, -0.15) is 0 Å². The molecule has 0 aliphatic heterocycles. The summed E-state index contributed by atoms with van der Waals surface area (Å²) in [6.07, 6.45) is 0. The second kappa shape index (κ2) is 7.69. The Balaban J connectivity index is 1.86. The highest BCUT2D eigenvalue weighted by molar-refractivity contribution is 7.89. The molecule has 138 valence electrons. The number of carbonyl (C=O) groups is 1. The van der Waals surface area contributed by atoms with Gasteiger partial charge in [-0.15, -0.1) is 4.83 Å². The van der Waals surface area contributed by atoms with E-state index in [-0.39, 0.29) is 16.0 Å². The van der Waals surface area contributed by atoms with Gasteiger partial charge in [-0.05, 0) is 47.9 Å². The Morgan fingerprint density at radius 3 is 2.11 bits per heavy atom. The first-order chi connectivity index (χ1) is 12.9. The number of carbonyl (C=O) groups excluding carboxylic acids is 1. The summed E-state index contributed by atoms with van der Waals surface area (Å²) in [6, 6.07) is 19.5. The van der Waals surface area contributed by atoms with Gasteiger partial charge in [-0.3, -0.25) is 10.2 Å². The maximum atomic E-state index is 14.3. The minimum absolute atomic E-state index is 0.00578. The van der Waals surface area contributed by atoms with E-state index in [0.29, 0.717) is 5.56 Å². The zero-order valence-electron chi connectivity index (χ0n) is 14.4. The lowest BCUT2D eigenvalue weighted by Gasteiger charge is -2.12. The molecule has 0 aromatic heterocycles. The molecule has 0 radical (unpaired) electrons. The quantitative estimate of drug-likeness (QED) is 0.662. The first kappa shape index (κ1) is 18.8. The van der Waals surface area contributed by atoms with E-state index in [2.05, 4.69) is 5.43 Å². The zero-order chi connectivity index (χ0) is 19.4. The van der Waals surface area contributed by atoms with Crippen LogP contribution in [0.5, 0.6) is 0 Å². The smallest absolute Gasteiger partial charge is 0.266 e. The van der Waals surface area contributed by atoms with Crippen molar-refractivity contribution in [2.24, 2.45) is 0 Å². The second-order valence-electron chi connectivity index (χ2n) is 5.87. The summed E-state index contributed by atoms with van der Waals surface area (Å²) in [4.78, 5) is 14.5. The average molecular weight is 384 g/mol. The van der Waals surface area contributed by atoms with E-state index in [4.69, 9.17) is 0 Å². The fourth-order valence-electron chi connectivity index (χ4n) is 2.55. The van der Waals surface area contributed by atoms with Gasteiger partial charge in [0.05, 0.1) is 4.90 Å². The molecule has 0 unspecified atom stereocenters. The van der Waals surface area contributed by atoms with Gasteiger partial charge in [0, 0.05) is 5.56 Å². The van der Waals surface area contributed by atoms with Gasteiger partial charge >= 0.3 is 0 Å². The molecule has 3 rings (SSSR count). The van der Waals surface area contributed by atoms with Gasteiger partial charge < -0.3 is 0 Å². The predicted molar refractivity (Wildman–Crippen MR) is 101 cm³/mol. The monoisotopic (exact) mass is 384 g/mol. The fourth-order valence-corrected chi connectivity index (χ4v) is 3.41. The van der Waals surface area contributed by atoms with Gasteiger partial charge in [0.15, 0.2) is 0 Å². The molecule has 0 aliphatic carbocycles. The highest BCUT2D eigenvalue weighted by atomic mass is 32.2. The lowest BCUT2D eigenvalue weighted by molar-refractivity contribution is 0.0944. The lowest BCUT2D eigenvalue weighted by Crippen LogP contribution is -2.41. The van der Waals surface area contributed by atoms with Crippen molar-refractivity contribution in [2.45, 2.75) is 11.8 Å². The molecule has 0 saturated heterocycles. The van der Waals surface area contributed by atoms with E-state index in [1.165, 1.54) is 31.2 Å². The van der Waals surface area contributed by atoms with E-state index in [1.54, 1.807) is 42.5 Å². The summed E-state index contributed by atoms with van der Waals surface area (Å²) in [5.74, 6) is -1.30. The third kappa shape index (κ3) is 4.21. The van der Waals surface area contributed by atoms with Crippen molar-refractivity contribution < 1.29 is 17.6 Å². The number of hydrogen-bond acceptors (Lipinski definition) is 3. The molecule has 0 atom stereocenters. The number of hydrazine groups is 1. The molecule has 5 nitrogen and oxygen atoms in total. The normalized spacial score (nSPS) is 11.2. The molecule has 3 aromatic carbocycles. The van der Waals surface area contributed by atoms with Crippen LogP contribution in [-0.2, 0) is 10.0 Å². The Bertz CT molecular complexity index is 1070. The molecule has 0 bridgehead atoms. The zero-order valence-corrected chi connectivity index (χ0v) is 15.3. The van der Waals surface area contributed by atoms with Crippen LogP contribution in [0, 0.1) is 12.7 Å². The minimum atomic E-state index is -3.92. The molecule has 27 heavy (non-hydrogen) atoms. The Kier molecular flexibility index (Phi) is 5.34. The highest BCUT2D eigenvalue weighted by Gasteiger charge is 2.18. The Morgan fingerprint density at radius 1 is 0.889 bits per heavy atom. The van der Waals surface area contributed by atoms with Gasteiger partial charge in [-0.1, -0.05) is 48.5 Å². The molecule has 0 spiro atoms. The maximum Gasteiger partial charge on any atom is 0.266 e. The molecular formula is C20H17FN2O3S. The first-order valence-electron chi connectivity index (χ1n) is 8.11. The van der Waals surface area contributed by atoms with E-state index in [0.717, 1.165) is 5.56 Å². The molecule has 1 amide bonds. The number of benzene rings is 3. The van der Waals surface area contributed by atoms with E-state index >= 15 is 0 Å². The van der Waals surface area contributed by atoms with E-state index in [9.17, 15) is 17.6 Å². The highest BCUT2D eigenvalue weighted by Crippen LogP contribution is 2.24. The Hall–Kier alpha value is -3.03. The molecule has 0 heterocycles. The van der Waals surface area contributed by atoms with Gasteiger partial charge in [-0.25, -0.2) is 12.8 Å². The van der Waals surface area contributed by atoms with Crippen molar-refractivity contribution >= 4 is 15.9 Å². The standard InChI is InChI=1S/C20H17FN2O3S/c1-14-18(12-16(13-19(14)21)15-8-4-2-5-9-15)20(24)22-23-27(25,26)17-10-6-3-7-11-17/h2-13,23H,1H3,(H,22,24). The van der Waals surface area contributed by atoms with E-state index < -0.39 is 21.7 Å². The van der Waals surface area contributed by atoms with Crippen LogP contribution in [0.15, 0.2) is 77.7 Å². The average Bonchev–Trinajstić information content (AvgIpc) is 2.69. The summed E-state index contributed by atoms with van der Waals surface area (Å²) in [6.45, 7) is 1.46. The lowest BCUT2D eigenvalue weighted by atomic mass is 9.99. The topological polar surface area (TPSA) is 75.3 Å². The predicted octanol–water partition coefficient (Wildman–Crippen LogP) is 3.42. The van der Waals surface area contributed by atoms with Crippen LogP contribution in [0.2, 0.25) is 0 Å². The molecule has 0 fully saturated rings. The van der Waals surface area contributed by atoms with Crippen molar-refractivity contribution in [3.05, 3.63) is 89.7 Å². The van der Waals surface area contributed by atoms with Crippen molar-refractivity contribution in [3.8, 4) is 11.1 Å². The third-order valence-electron chi connectivity index (χ3n) is 4.05. The summed E-state index contributed by atoms with van der Waals surface area (Å²) in [5.41, 5.74) is 3.59. The van der Waals surface area contributed by atoms with Crippen LogP contribution < -0.4 is 10.3 Å². The molecule has 0 saturated carbocycles. The van der Waals surface area contributed by atoms with Crippen molar-refractivity contribution in [3.63, 3.8) is 0 Å². The maximum absolute atomic E-state index is 14.3. The molecule has 2 N–H and O–H groups in total. The first-order valence-corrected chi connectivity index (χ1v) is 9.59. The summed E-state index contributed by atoms with van der Waals surface area (Å²) in [5, 5.41) is 0. The van der Waals surface area contributed by atoms with Crippen LogP contribution in [0.4, 0.5) is 4.39 Å². The number of halogens is 1. The molecule has 0 aliphatic rings. The van der Waals surface area contributed by atoms with Crippen LogP contribution in [0.25, 0.3) is 11.1 Å².